The van der Waals surface area contributed by atoms with Gasteiger partial charge >= 0.3 is 0 Å². The van der Waals surface area contributed by atoms with Crippen LogP contribution < -0.4 is 0 Å². The highest BCUT2D eigenvalue weighted by Crippen LogP contribution is 2.38. The van der Waals surface area contributed by atoms with Gasteiger partial charge in [0.2, 0.25) is 0 Å². The van der Waals surface area contributed by atoms with E-state index >= 15 is 0 Å². The third-order valence-corrected chi connectivity index (χ3v) is 4.64. The van der Waals surface area contributed by atoms with Crippen molar-refractivity contribution in [1.82, 2.24) is 15.0 Å². The number of nitrogens with one attached hydrogen (secondary N) is 2. The molecule has 0 atom stereocenters. The van der Waals surface area contributed by atoms with Crippen LogP contribution in [0.15, 0.2) is 66.9 Å². The smallest absolute Gasteiger partial charge is 0.155 e. The second-order valence-corrected chi connectivity index (χ2v) is 6.15. The van der Waals surface area contributed by atoms with Gasteiger partial charge in [-0.25, -0.2) is 4.98 Å². The Morgan fingerprint density at radius 1 is 0.833 bits per heavy atom. The van der Waals surface area contributed by atoms with Gasteiger partial charge in [-0.3, -0.25) is 0 Å². The summed E-state index contributed by atoms with van der Waals surface area (Å²) in [5.74, 6) is 0.755. The van der Waals surface area contributed by atoms with E-state index < -0.39 is 0 Å². The van der Waals surface area contributed by atoms with Crippen molar-refractivity contribution in [3.05, 3.63) is 76.9 Å². The molecule has 0 aliphatic heterocycles. The summed E-state index contributed by atoms with van der Waals surface area (Å²) in [6.07, 6.45) is 1.87. The van der Waals surface area contributed by atoms with Crippen molar-refractivity contribution < 1.29 is 0 Å². The number of hydrogen-bond donors (Lipinski definition) is 2. The molecule has 0 saturated heterocycles. The molecule has 2 heterocycles. The molecular formula is C19H13Cl2N3. The normalized spacial score (nSPS) is 10.9. The van der Waals surface area contributed by atoms with Gasteiger partial charge in [-0.2, -0.15) is 0 Å². The van der Waals surface area contributed by atoms with Gasteiger partial charge in [0.1, 0.15) is 0 Å². The number of aromatic amines is 2. The number of hydrogen-bond acceptors (Lipinski definition) is 1. The van der Waals surface area contributed by atoms with Crippen LogP contribution in [0.5, 0.6) is 0 Å². The molecule has 0 radical (unpaired) electrons. The first-order valence-electron chi connectivity index (χ1n) is 7.47. The summed E-state index contributed by atoms with van der Waals surface area (Å²) in [5.41, 5.74) is 4.44. The minimum absolute atomic E-state index is 0.501. The van der Waals surface area contributed by atoms with Crippen LogP contribution in [0.2, 0.25) is 10.0 Å². The van der Waals surface area contributed by atoms with Crippen LogP contribution in [-0.4, -0.2) is 15.0 Å². The van der Waals surface area contributed by atoms with Crippen LogP contribution >= 0.6 is 23.2 Å². The van der Waals surface area contributed by atoms with Gasteiger partial charge in [-0.1, -0.05) is 65.7 Å². The maximum Gasteiger partial charge on any atom is 0.155 e. The first kappa shape index (κ1) is 15.1. The zero-order valence-corrected chi connectivity index (χ0v) is 14.1. The molecule has 2 N–H and O–H groups in total. The molecule has 0 aliphatic carbocycles. The number of imidazole rings is 1. The average molecular weight is 354 g/mol. The Kier molecular flexibility index (Phi) is 3.89. The minimum atomic E-state index is 0.501. The van der Waals surface area contributed by atoms with Gasteiger partial charge in [0.25, 0.3) is 0 Å². The quantitative estimate of drug-likeness (QED) is 0.462. The molecule has 0 saturated carbocycles. The average Bonchev–Trinajstić information content (AvgIpc) is 3.27. The maximum absolute atomic E-state index is 6.43. The summed E-state index contributed by atoms with van der Waals surface area (Å²) in [4.78, 5) is 11.3. The topological polar surface area (TPSA) is 44.5 Å². The molecule has 118 valence electrons. The zero-order chi connectivity index (χ0) is 16.5. The number of nitrogens with zero attached hydrogens (tertiary/aromatic N) is 1. The van der Waals surface area contributed by atoms with E-state index in [1.807, 2.05) is 60.8 Å². The number of aromatic nitrogens is 3. The van der Waals surface area contributed by atoms with Gasteiger partial charge in [0, 0.05) is 17.3 Å². The second-order valence-electron chi connectivity index (χ2n) is 5.36. The predicted octanol–water partition coefficient (Wildman–Crippen LogP) is 6.05. The fourth-order valence-electron chi connectivity index (χ4n) is 2.67. The number of rotatable bonds is 3. The highest BCUT2D eigenvalue weighted by atomic mass is 35.5. The van der Waals surface area contributed by atoms with E-state index in [0.29, 0.717) is 10.0 Å². The highest BCUT2D eigenvalue weighted by molar-refractivity contribution is 6.43. The van der Waals surface area contributed by atoms with Crippen molar-refractivity contribution in [2.45, 2.75) is 0 Å². The van der Waals surface area contributed by atoms with Gasteiger partial charge in [0.15, 0.2) is 5.82 Å². The molecule has 0 spiro atoms. The van der Waals surface area contributed by atoms with Crippen LogP contribution in [0.25, 0.3) is 34.0 Å². The summed E-state index contributed by atoms with van der Waals surface area (Å²) in [5, 5.41) is 1.01. The van der Waals surface area contributed by atoms with Crippen LogP contribution in [0.1, 0.15) is 0 Å². The van der Waals surface area contributed by atoms with Crippen LogP contribution in [0.3, 0.4) is 0 Å². The highest BCUT2D eigenvalue weighted by Gasteiger charge is 2.18. The molecule has 4 aromatic rings. The summed E-state index contributed by atoms with van der Waals surface area (Å²) in [7, 11) is 0. The second kappa shape index (κ2) is 6.19. The lowest BCUT2D eigenvalue weighted by atomic mass is 10.1. The fraction of sp³-hybridized carbons (Fsp3) is 0. The maximum atomic E-state index is 6.43. The third kappa shape index (κ3) is 2.62. The molecule has 2 aromatic carbocycles. The van der Waals surface area contributed by atoms with E-state index in [9.17, 15) is 0 Å². The number of benzene rings is 2. The van der Waals surface area contributed by atoms with E-state index in [4.69, 9.17) is 28.2 Å². The lowest BCUT2D eigenvalue weighted by Crippen LogP contribution is -1.85. The van der Waals surface area contributed by atoms with Gasteiger partial charge < -0.3 is 9.97 Å². The lowest BCUT2D eigenvalue weighted by molar-refractivity contribution is 1.26. The van der Waals surface area contributed by atoms with E-state index in [0.717, 1.165) is 34.0 Å². The molecule has 0 fully saturated rings. The summed E-state index contributed by atoms with van der Waals surface area (Å²) >= 11 is 12.6. The Labute approximate surface area is 149 Å². The van der Waals surface area contributed by atoms with Crippen molar-refractivity contribution in [1.29, 1.82) is 0 Å². The van der Waals surface area contributed by atoms with Crippen LogP contribution in [0, 0.1) is 0 Å². The number of halogens is 2. The molecular weight excluding hydrogens is 341 g/mol. The van der Waals surface area contributed by atoms with Crippen molar-refractivity contribution in [3.63, 3.8) is 0 Å². The Balaban J connectivity index is 1.96. The first-order chi connectivity index (χ1) is 11.7. The Morgan fingerprint density at radius 2 is 1.67 bits per heavy atom. The lowest BCUT2D eigenvalue weighted by Gasteiger charge is -2.06. The molecule has 4 rings (SSSR count). The van der Waals surface area contributed by atoms with Crippen molar-refractivity contribution in [2.24, 2.45) is 0 Å². The standard InChI is InChI=1S/C19H13Cl2N3/c20-14-9-4-8-13(16(14)21)18-17(12-6-2-1-3-7-12)23-19(24-18)15-10-5-11-22-15/h1-11,22H,(H,23,24). The fourth-order valence-corrected chi connectivity index (χ4v) is 3.06. The molecule has 24 heavy (non-hydrogen) atoms. The molecule has 2 aromatic heterocycles. The van der Waals surface area contributed by atoms with Crippen molar-refractivity contribution in [2.75, 3.05) is 0 Å². The summed E-state index contributed by atoms with van der Waals surface area (Å²) < 4.78 is 0. The van der Waals surface area contributed by atoms with Gasteiger partial charge in [-0.05, 0) is 18.2 Å². The molecule has 3 nitrogen and oxygen atoms in total. The van der Waals surface area contributed by atoms with Crippen molar-refractivity contribution in [3.8, 4) is 34.0 Å². The van der Waals surface area contributed by atoms with Crippen LogP contribution in [-0.2, 0) is 0 Å². The Hall–Kier alpha value is -2.49. The van der Waals surface area contributed by atoms with E-state index in [-0.39, 0.29) is 0 Å². The van der Waals surface area contributed by atoms with Crippen molar-refractivity contribution >= 4 is 23.2 Å². The Morgan fingerprint density at radius 3 is 2.42 bits per heavy atom. The van der Waals surface area contributed by atoms with Crippen LogP contribution in [0.4, 0.5) is 0 Å². The molecule has 0 unspecified atom stereocenters. The molecule has 5 heteroatoms. The number of H-pyrrole nitrogens is 2. The van der Waals surface area contributed by atoms with E-state index in [2.05, 4.69) is 9.97 Å². The predicted molar refractivity (Wildman–Crippen MR) is 99.3 cm³/mol. The molecule has 0 amide bonds. The third-order valence-electron chi connectivity index (χ3n) is 3.83. The monoisotopic (exact) mass is 353 g/mol. The first-order valence-corrected chi connectivity index (χ1v) is 8.23. The van der Waals surface area contributed by atoms with E-state index in [1.165, 1.54) is 0 Å². The molecule has 0 bridgehead atoms. The summed E-state index contributed by atoms with van der Waals surface area (Å²) in [6, 6.07) is 19.5. The zero-order valence-electron chi connectivity index (χ0n) is 12.6. The van der Waals surface area contributed by atoms with Gasteiger partial charge in [-0.15, -0.1) is 0 Å². The Bertz CT molecular complexity index is 973. The van der Waals surface area contributed by atoms with E-state index in [1.54, 1.807) is 6.07 Å². The molecule has 0 aliphatic rings. The minimum Gasteiger partial charge on any atom is -0.359 e. The summed E-state index contributed by atoms with van der Waals surface area (Å²) in [6.45, 7) is 0. The van der Waals surface area contributed by atoms with Gasteiger partial charge in [0.05, 0.1) is 27.1 Å². The largest absolute Gasteiger partial charge is 0.359 e. The SMILES string of the molecule is Clc1cccc(-c2nc(-c3ccc[nH]3)[nH]c2-c2ccccc2)c1Cl.